The van der Waals surface area contributed by atoms with Crippen LogP contribution in [0.4, 0.5) is 0 Å². The van der Waals surface area contributed by atoms with Crippen molar-refractivity contribution in [1.29, 1.82) is 0 Å². The van der Waals surface area contributed by atoms with Gasteiger partial charge < -0.3 is 10.2 Å². The third-order valence-electron chi connectivity index (χ3n) is 3.94. The lowest BCUT2D eigenvalue weighted by Gasteiger charge is -2.19. The average molecular weight is 343 g/mol. The van der Waals surface area contributed by atoms with E-state index in [9.17, 15) is 4.79 Å². The first-order valence-electron chi connectivity index (χ1n) is 7.92. The molecule has 0 radical (unpaired) electrons. The molecular weight excluding hydrogens is 320 g/mol. The number of nitrogens with one attached hydrogen (secondary N) is 1. The van der Waals surface area contributed by atoms with E-state index in [-0.39, 0.29) is 5.91 Å². The second-order valence-corrected chi connectivity index (χ2v) is 6.32. The maximum atomic E-state index is 12.6. The van der Waals surface area contributed by atoms with Crippen LogP contribution >= 0.6 is 11.6 Å². The molecule has 0 fully saturated rings. The van der Waals surface area contributed by atoms with Crippen LogP contribution in [0.5, 0.6) is 0 Å². The molecule has 2 rings (SSSR count). The van der Waals surface area contributed by atoms with E-state index in [1.807, 2.05) is 75.5 Å². The van der Waals surface area contributed by atoms with E-state index in [0.717, 1.165) is 22.4 Å². The van der Waals surface area contributed by atoms with Gasteiger partial charge in [-0.15, -0.1) is 0 Å². The summed E-state index contributed by atoms with van der Waals surface area (Å²) < 4.78 is 0. The molecule has 0 saturated heterocycles. The van der Waals surface area contributed by atoms with Gasteiger partial charge in [0.15, 0.2) is 0 Å². The van der Waals surface area contributed by atoms with Crippen molar-refractivity contribution in [2.75, 3.05) is 7.05 Å². The maximum Gasteiger partial charge on any atom is 0.251 e. The Morgan fingerprint density at radius 1 is 1.04 bits per heavy atom. The predicted molar refractivity (Wildman–Crippen MR) is 99.6 cm³/mol. The standard InChI is InChI=1S/C20H23ClN2O/c1-15(16(2)22-13-18-10-7-11-19(21)12-18)20(24)23(3)14-17-8-5-4-6-9-17/h4-12,22H,13-14H2,1-3H3/b16-15+. The highest BCUT2D eigenvalue weighted by molar-refractivity contribution is 6.30. The van der Waals surface area contributed by atoms with Crippen LogP contribution < -0.4 is 5.32 Å². The van der Waals surface area contributed by atoms with Gasteiger partial charge in [-0.05, 0) is 37.1 Å². The largest absolute Gasteiger partial charge is 0.384 e. The van der Waals surface area contributed by atoms with Crippen molar-refractivity contribution in [2.45, 2.75) is 26.9 Å². The fourth-order valence-electron chi connectivity index (χ4n) is 2.39. The molecule has 0 aliphatic carbocycles. The Balaban J connectivity index is 1.97. The van der Waals surface area contributed by atoms with Gasteiger partial charge in [-0.3, -0.25) is 4.79 Å². The molecule has 2 aromatic carbocycles. The molecule has 3 nitrogen and oxygen atoms in total. The molecule has 0 heterocycles. The summed E-state index contributed by atoms with van der Waals surface area (Å²) in [6, 6.07) is 17.7. The quantitative estimate of drug-likeness (QED) is 0.790. The van der Waals surface area contributed by atoms with Crippen molar-refractivity contribution >= 4 is 17.5 Å². The number of nitrogens with zero attached hydrogens (tertiary/aromatic N) is 1. The van der Waals surface area contributed by atoms with Crippen molar-refractivity contribution in [3.63, 3.8) is 0 Å². The molecule has 24 heavy (non-hydrogen) atoms. The minimum atomic E-state index is 0.0231. The molecule has 0 aliphatic heterocycles. The summed E-state index contributed by atoms with van der Waals surface area (Å²) in [6.45, 7) is 5.01. The van der Waals surface area contributed by atoms with Gasteiger partial charge in [0.2, 0.25) is 0 Å². The molecule has 1 amide bonds. The van der Waals surface area contributed by atoms with Gasteiger partial charge in [0.25, 0.3) is 5.91 Å². The van der Waals surface area contributed by atoms with E-state index in [1.54, 1.807) is 4.90 Å². The molecule has 0 atom stereocenters. The van der Waals surface area contributed by atoms with E-state index in [0.29, 0.717) is 18.1 Å². The zero-order valence-corrected chi connectivity index (χ0v) is 15.1. The fraction of sp³-hybridized carbons (Fsp3) is 0.250. The minimum absolute atomic E-state index is 0.0231. The second-order valence-electron chi connectivity index (χ2n) is 5.88. The number of hydrogen-bond donors (Lipinski definition) is 1. The van der Waals surface area contributed by atoms with Gasteiger partial charge >= 0.3 is 0 Å². The molecule has 4 heteroatoms. The van der Waals surface area contributed by atoms with E-state index >= 15 is 0 Å². The van der Waals surface area contributed by atoms with Crippen molar-refractivity contribution in [3.8, 4) is 0 Å². The monoisotopic (exact) mass is 342 g/mol. The van der Waals surface area contributed by atoms with Crippen molar-refractivity contribution in [2.24, 2.45) is 0 Å². The zero-order valence-electron chi connectivity index (χ0n) is 14.3. The number of halogens is 1. The van der Waals surface area contributed by atoms with Crippen LogP contribution in [0.2, 0.25) is 5.02 Å². The Morgan fingerprint density at radius 2 is 1.71 bits per heavy atom. The smallest absolute Gasteiger partial charge is 0.251 e. The lowest BCUT2D eigenvalue weighted by atomic mass is 10.1. The van der Waals surface area contributed by atoms with Gasteiger partial charge in [-0.1, -0.05) is 54.1 Å². The molecule has 0 bridgehead atoms. The fourth-order valence-corrected chi connectivity index (χ4v) is 2.60. The highest BCUT2D eigenvalue weighted by Gasteiger charge is 2.13. The van der Waals surface area contributed by atoms with Crippen LogP contribution in [0.25, 0.3) is 0 Å². The number of amides is 1. The topological polar surface area (TPSA) is 32.3 Å². The first kappa shape index (κ1) is 18.1. The Hall–Kier alpha value is -2.26. The summed E-state index contributed by atoms with van der Waals surface area (Å²) in [5, 5.41) is 4.01. The third-order valence-corrected chi connectivity index (χ3v) is 4.17. The van der Waals surface area contributed by atoms with E-state index in [4.69, 9.17) is 11.6 Å². The van der Waals surface area contributed by atoms with Gasteiger partial charge in [-0.25, -0.2) is 0 Å². The number of hydrogen-bond acceptors (Lipinski definition) is 2. The summed E-state index contributed by atoms with van der Waals surface area (Å²) in [4.78, 5) is 14.3. The summed E-state index contributed by atoms with van der Waals surface area (Å²) in [6.07, 6.45) is 0. The second kappa shape index (κ2) is 8.55. The van der Waals surface area contributed by atoms with Gasteiger partial charge in [0.1, 0.15) is 0 Å². The molecule has 0 aliphatic rings. The normalized spacial score (nSPS) is 11.7. The Morgan fingerprint density at radius 3 is 2.38 bits per heavy atom. The predicted octanol–water partition coefficient (Wildman–Crippen LogP) is 4.38. The van der Waals surface area contributed by atoms with Crippen LogP contribution in [-0.2, 0) is 17.9 Å². The van der Waals surface area contributed by atoms with Crippen LogP contribution in [0, 0.1) is 0 Å². The maximum absolute atomic E-state index is 12.6. The Kier molecular flexibility index (Phi) is 6.44. The Bertz CT molecular complexity index is 725. The minimum Gasteiger partial charge on any atom is -0.384 e. The van der Waals surface area contributed by atoms with Crippen LogP contribution in [0.15, 0.2) is 65.9 Å². The average Bonchev–Trinajstić information content (AvgIpc) is 2.59. The van der Waals surface area contributed by atoms with Crippen molar-refractivity contribution < 1.29 is 4.79 Å². The molecule has 0 unspecified atom stereocenters. The number of carbonyl (C=O) groups excluding carboxylic acids is 1. The first-order chi connectivity index (χ1) is 11.5. The molecule has 0 spiro atoms. The van der Waals surface area contributed by atoms with Crippen LogP contribution in [0.1, 0.15) is 25.0 Å². The zero-order chi connectivity index (χ0) is 17.5. The lowest BCUT2D eigenvalue weighted by Crippen LogP contribution is -2.29. The summed E-state index contributed by atoms with van der Waals surface area (Å²) in [5.41, 5.74) is 3.79. The highest BCUT2D eigenvalue weighted by Crippen LogP contribution is 2.12. The number of allylic oxidation sites excluding steroid dienone is 1. The van der Waals surface area contributed by atoms with Gasteiger partial charge in [0.05, 0.1) is 0 Å². The summed E-state index contributed by atoms with van der Waals surface area (Å²) in [5.74, 6) is 0.0231. The van der Waals surface area contributed by atoms with E-state index in [1.165, 1.54) is 0 Å². The van der Waals surface area contributed by atoms with E-state index in [2.05, 4.69) is 5.32 Å². The number of carbonyl (C=O) groups is 1. The molecule has 126 valence electrons. The molecule has 0 saturated carbocycles. The highest BCUT2D eigenvalue weighted by atomic mass is 35.5. The van der Waals surface area contributed by atoms with Crippen molar-refractivity contribution in [1.82, 2.24) is 10.2 Å². The first-order valence-corrected chi connectivity index (χ1v) is 8.30. The number of benzene rings is 2. The van der Waals surface area contributed by atoms with Crippen LogP contribution in [0.3, 0.4) is 0 Å². The number of rotatable bonds is 6. The molecule has 0 aromatic heterocycles. The third kappa shape index (κ3) is 5.14. The lowest BCUT2D eigenvalue weighted by molar-refractivity contribution is -0.126. The van der Waals surface area contributed by atoms with Gasteiger partial charge in [-0.2, -0.15) is 0 Å². The summed E-state index contributed by atoms with van der Waals surface area (Å²) >= 11 is 5.99. The SMILES string of the molecule is C/C(NCc1cccc(Cl)c1)=C(/C)C(=O)N(C)Cc1ccccc1. The van der Waals surface area contributed by atoms with Crippen LogP contribution in [-0.4, -0.2) is 17.9 Å². The van der Waals surface area contributed by atoms with E-state index < -0.39 is 0 Å². The Labute approximate surface area is 148 Å². The van der Waals surface area contributed by atoms with Crippen molar-refractivity contribution in [3.05, 3.63) is 82.0 Å². The summed E-state index contributed by atoms with van der Waals surface area (Å²) in [7, 11) is 1.82. The number of likely N-dealkylation sites (N-methyl/N-ethyl adjacent to an activating group) is 1. The molecule has 2 aromatic rings. The molecule has 1 N–H and O–H groups in total. The van der Waals surface area contributed by atoms with Gasteiger partial charge in [0, 0.05) is 36.4 Å². The molecular formula is C20H23ClN2O.